The number of benzene rings is 2. The molecule has 0 spiro atoms. The number of oxazole rings is 1. The van der Waals surface area contributed by atoms with E-state index in [1.165, 1.54) is 18.4 Å². The van der Waals surface area contributed by atoms with Crippen LogP contribution in [0.1, 0.15) is 27.2 Å². The first-order chi connectivity index (χ1) is 12.8. The summed E-state index contributed by atoms with van der Waals surface area (Å²) in [6.45, 7) is 0. The second kappa shape index (κ2) is 7.87. The summed E-state index contributed by atoms with van der Waals surface area (Å²) in [5, 5.41) is 0. The van der Waals surface area contributed by atoms with Crippen LogP contribution in [0.5, 0.6) is 0 Å². The maximum atomic E-state index is 12.6. The minimum atomic E-state index is -4.37. The number of alkyl halides is 3. The summed E-state index contributed by atoms with van der Waals surface area (Å²) in [6.07, 6.45) is -2.89. The van der Waals surface area contributed by atoms with Gasteiger partial charge in [-0.2, -0.15) is 24.9 Å². The van der Waals surface area contributed by atoms with E-state index in [0.29, 0.717) is 28.3 Å². The molecule has 0 bridgehead atoms. The van der Waals surface area contributed by atoms with E-state index in [1.54, 1.807) is 30.0 Å². The molecular weight excluding hydrogens is 377 g/mol. The van der Waals surface area contributed by atoms with Crippen LogP contribution in [-0.2, 0) is 17.7 Å². The summed E-state index contributed by atoms with van der Waals surface area (Å²) in [5.74, 6) is 1.02. The third kappa shape index (κ3) is 4.91. The van der Waals surface area contributed by atoms with Gasteiger partial charge < -0.3 is 10.2 Å². The van der Waals surface area contributed by atoms with Crippen molar-refractivity contribution in [1.29, 1.82) is 0 Å². The molecule has 4 nitrogen and oxygen atoms in total. The molecule has 3 rings (SSSR count). The number of primary amides is 1. The molecule has 27 heavy (non-hydrogen) atoms. The number of thioether (sulfide) groups is 1. The number of rotatable bonds is 6. The molecule has 0 unspecified atom stereocenters. The standard InChI is InChI=1S/C19H15F3N2O2S/c20-19(21,22)15-6-4-13(5-7-15)18-24-16(9-26-18)11-27-10-12-2-1-3-14(8-12)17(23)25/h1-9H,10-11H2,(H2,23,25). The van der Waals surface area contributed by atoms with Crippen LogP contribution in [0.3, 0.4) is 0 Å². The van der Waals surface area contributed by atoms with E-state index in [2.05, 4.69) is 4.98 Å². The fourth-order valence-electron chi connectivity index (χ4n) is 2.40. The number of aromatic nitrogens is 1. The Hall–Kier alpha value is -2.74. The monoisotopic (exact) mass is 392 g/mol. The van der Waals surface area contributed by atoms with Gasteiger partial charge in [-0.25, -0.2) is 4.98 Å². The average molecular weight is 392 g/mol. The summed E-state index contributed by atoms with van der Waals surface area (Å²) < 4.78 is 43.2. The van der Waals surface area contributed by atoms with Crippen molar-refractivity contribution in [2.45, 2.75) is 17.7 Å². The Morgan fingerprint density at radius 1 is 1.11 bits per heavy atom. The lowest BCUT2D eigenvalue weighted by atomic mass is 10.1. The molecule has 0 radical (unpaired) electrons. The SMILES string of the molecule is NC(=O)c1cccc(CSCc2coc(-c3ccc(C(F)(F)F)cc3)n2)c1. The topological polar surface area (TPSA) is 69.1 Å². The largest absolute Gasteiger partial charge is 0.444 e. The smallest absolute Gasteiger partial charge is 0.416 e. The van der Waals surface area contributed by atoms with Crippen molar-refractivity contribution < 1.29 is 22.4 Å². The minimum Gasteiger partial charge on any atom is -0.444 e. The van der Waals surface area contributed by atoms with Crippen molar-refractivity contribution in [3.8, 4) is 11.5 Å². The van der Waals surface area contributed by atoms with Gasteiger partial charge in [-0.1, -0.05) is 12.1 Å². The molecule has 0 aliphatic heterocycles. The number of hydrogen-bond acceptors (Lipinski definition) is 4. The number of halogens is 3. The Kier molecular flexibility index (Phi) is 5.55. The van der Waals surface area contributed by atoms with Crippen molar-refractivity contribution in [3.63, 3.8) is 0 Å². The van der Waals surface area contributed by atoms with Crippen LogP contribution < -0.4 is 5.73 Å². The van der Waals surface area contributed by atoms with Gasteiger partial charge in [-0.05, 0) is 42.0 Å². The van der Waals surface area contributed by atoms with Crippen molar-refractivity contribution in [2.24, 2.45) is 5.73 Å². The van der Waals surface area contributed by atoms with Crippen molar-refractivity contribution >= 4 is 17.7 Å². The number of carbonyl (C=O) groups excluding carboxylic acids is 1. The van der Waals surface area contributed by atoms with E-state index < -0.39 is 17.6 Å². The predicted molar refractivity (Wildman–Crippen MR) is 96.9 cm³/mol. The molecular formula is C19H15F3N2O2S. The Bertz CT molecular complexity index is 937. The molecule has 1 amide bonds. The van der Waals surface area contributed by atoms with Crippen molar-refractivity contribution in [2.75, 3.05) is 0 Å². The predicted octanol–water partition coefficient (Wildman–Crippen LogP) is 4.89. The van der Waals surface area contributed by atoms with Crippen LogP contribution in [0.25, 0.3) is 11.5 Å². The molecule has 3 aromatic rings. The molecule has 0 fully saturated rings. The zero-order chi connectivity index (χ0) is 19.4. The molecule has 140 valence electrons. The lowest BCUT2D eigenvalue weighted by Crippen LogP contribution is -2.10. The van der Waals surface area contributed by atoms with Crippen molar-refractivity contribution in [1.82, 2.24) is 4.98 Å². The number of nitrogens with zero attached hydrogens (tertiary/aromatic N) is 1. The average Bonchev–Trinajstić information content (AvgIpc) is 3.10. The highest BCUT2D eigenvalue weighted by Crippen LogP contribution is 2.31. The molecule has 1 aromatic heterocycles. The van der Waals surface area contributed by atoms with Crippen LogP contribution in [0.4, 0.5) is 13.2 Å². The number of hydrogen-bond donors (Lipinski definition) is 1. The third-order valence-electron chi connectivity index (χ3n) is 3.74. The van der Waals surface area contributed by atoms with Gasteiger partial charge in [0.2, 0.25) is 11.8 Å². The highest BCUT2D eigenvalue weighted by molar-refractivity contribution is 7.97. The maximum absolute atomic E-state index is 12.6. The zero-order valence-corrected chi connectivity index (χ0v) is 14.8. The Morgan fingerprint density at radius 2 is 1.85 bits per heavy atom. The molecule has 0 aliphatic carbocycles. The van der Waals surface area contributed by atoms with Crippen LogP contribution in [0.2, 0.25) is 0 Å². The lowest BCUT2D eigenvalue weighted by molar-refractivity contribution is -0.137. The molecule has 0 atom stereocenters. The molecule has 8 heteroatoms. The summed E-state index contributed by atoms with van der Waals surface area (Å²) >= 11 is 1.57. The van der Waals surface area contributed by atoms with Gasteiger partial charge in [-0.3, -0.25) is 4.79 Å². The maximum Gasteiger partial charge on any atom is 0.416 e. The van der Waals surface area contributed by atoms with Crippen molar-refractivity contribution in [3.05, 3.63) is 77.2 Å². The van der Waals surface area contributed by atoms with Gasteiger partial charge in [0.1, 0.15) is 6.26 Å². The Morgan fingerprint density at radius 3 is 2.52 bits per heavy atom. The number of carbonyl (C=O) groups is 1. The Labute approximate surface area is 157 Å². The summed E-state index contributed by atoms with van der Waals surface area (Å²) in [5.41, 5.74) is 7.13. The number of amides is 1. The van der Waals surface area contributed by atoms with Crippen LogP contribution in [-0.4, -0.2) is 10.9 Å². The summed E-state index contributed by atoms with van der Waals surface area (Å²) in [6, 6.07) is 11.7. The first kappa shape index (κ1) is 19.0. The zero-order valence-electron chi connectivity index (χ0n) is 14.0. The molecule has 0 saturated carbocycles. The lowest BCUT2D eigenvalue weighted by Gasteiger charge is -2.06. The van der Waals surface area contributed by atoms with E-state index in [-0.39, 0.29) is 5.89 Å². The summed E-state index contributed by atoms with van der Waals surface area (Å²) in [4.78, 5) is 15.5. The first-order valence-corrected chi connectivity index (χ1v) is 9.07. The summed E-state index contributed by atoms with van der Waals surface area (Å²) in [7, 11) is 0. The Balaban J connectivity index is 1.60. The molecule has 2 N–H and O–H groups in total. The minimum absolute atomic E-state index is 0.273. The van der Waals surface area contributed by atoms with Crippen LogP contribution in [0, 0.1) is 0 Å². The van der Waals surface area contributed by atoms with Crippen LogP contribution in [0.15, 0.2) is 59.2 Å². The quantitative estimate of drug-likeness (QED) is 0.648. The highest BCUT2D eigenvalue weighted by Gasteiger charge is 2.30. The highest BCUT2D eigenvalue weighted by atomic mass is 32.2. The third-order valence-corrected chi connectivity index (χ3v) is 4.78. The van der Waals surface area contributed by atoms with Gasteiger partial charge in [0.15, 0.2) is 0 Å². The molecule has 0 saturated heterocycles. The van der Waals surface area contributed by atoms with Gasteiger partial charge in [0.05, 0.1) is 11.3 Å². The van der Waals surface area contributed by atoms with Gasteiger partial charge in [-0.15, -0.1) is 0 Å². The van der Waals surface area contributed by atoms with E-state index >= 15 is 0 Å². The van der Waals surface area contributed by atoms with E-state index in [4.69, 9.17) is 10.2 Å². The normalized spacial score (nSPS) is 11.5. The fourth-order valence-corrected chi connectivity index (χ4v) is 3.25. The molecule has 2 aromatic carbocycles. The van der Waals surface area contributed by atoms with Gasteiger partial charge in [0.25, 0.3) is 0 Å². The van der Waals surface area contributed by atoms with Gasteiger partial charge in [0, 0.05) is 22.6 Å². The van der Waals surface area contributed by atoms with E-state index in [0.717, 1.165) is 17.7 Å². The molecule has 1 heterocycles. The fraction of sp³-hybridized carbons (Fsp3) is 0.158. The second-order valence-corrected chi connectivity index (χ2v) is 6.76. The second-order valence-electron chi connectivity index (χ2n) is 5.78. The molecule has 0 aliphatic rings. The van der Waals surface area contributed by atoms with E-state index in [1.807, 2.05) is 6.07 Å². The van der Waals surface area contributed by atoms with Gasteiger partial charge >= 0.3 is 6.18 Å². The van der Waals surface area contributed by atoms with Crippen LogP contribution >= 0.6 is 11.8 Å². The number of nitrogens with two attached hydrogens (primary N) is 1. The first-order valence-electron chi connectivity index (χ1n) is 7.91. The van der Waals surface area contributed by atoms with E-state index in [9.17, 15) is 18.0 Å².